The van der Waals surface area contributed by atoms with Crippen LogP contribution in [0.15, 0.2) is 89.8 Å². The summed E-state index contributed by atoms with van der Waals surface area (Å²) in [4.78, 5) is 12.5. The van der Waals surface area contributed by atoms with Gasteiger partial charge in [0.05, 0.1) is 10.6 Å². The Labute approximate surface area is 199 Å². The van der Waals surface area contributed by atoms with Crippen LogP contribution in [0.5, 0.6) is 5.75 Å². The number of sulfonamides is 1. The topological polar surface area (TPSA) is 75.7 Å². The minimum atomic E-state index is -3.74. The van der Waals surface area contributed by atoms with Crippen molar-refractivity contribution in [3.05, 3.63) is 96.1 Å². The van der Waals surface area contributed by atoms with Crippen LogP contribution >= 0.6 is 0 Å². The van der Waals surface area contributed by atoms with Crippen molar-refractivity contribution in [1.29, 1.82) is 0 Å². The van der Waals surface area contributed by atoms with Gasteiger partial charge in [0.2, 0.25) is 0 Å². The SMILES string of the molecule is Cc1ccc(NC(=O)COc2ccc(N(C)S(=O)(=O)c3ccc4ccccc4c3)cc2)c(C)c1. The number of rotatable bonds is 7. The lowest BCUT2D eigenvalue weighted by Crippen LogP contribution is -2.26. The quantitative estimate of drug-likeness (QED) is 0.394. The van der Waals surface area contributed by atoms with Crippen molar-refractivity contribution < 1.29 is 17.9 Å². The third kappa shape index (κ3) is 5.05. The second-order valence-electron chi connectivity index (χ2n) is 8.13. The molecule has 4 rings (SSSR count). The molecule has 0 radical (unpaired) electrons. The zero-order valence-electron chi connectivity index (χ0n) is 19.3. The van der Waals surface area contributed by atoms with Gasteiger partial charge in [-0.25, -0.2) is 8.42 Å². The molecule has 7 heteroatoms. The van der Waals surface area contributed by atoms with Gasteiger partial charge in [0.25, 0.3) is 15.9 Å². The molecule has 34 heavy (non-hydrogen) atoms. The summed E-state index contributed by atoms with van der Waals surface area (Å²) in [6.07, 6.45) is 0. The van der Waals surface area contributed by atoms with Crippen molar-refractivity contribution in [2.24, 2.45) is 0 Å². The number of anilines is 2. The van der Waals surface area contributed by atoms with Gasteiger partial charge in [-0.1, -0.05) is 48.0 Å². The fourth-order valence-electron chi connectivity index (χ4n) is 3.67. The van der Waals surface area contributed by atoms with E-state index in [0.29, 0.717) is 11.4 Å². The predicted octanol–water partition coefficient (Wildman–Crippen LogP) is 5.30. The number of aryl methyl sites for hydroxylation is 2. The fourth-order valence-corrected chi connectivity index (χ4v) is 4.90. The first-order valence-corrected chi connectivity index (χ1v) is 12.3. The van der Waals surface area contributed by atoms with Gasteiger partial charge in [0.1, 0.15) is 5.75 Å². The summed E-state index contributed by atoms with van der Waals surface area (Å²) in [6, 6.07) is 25.1. The first kappa shape index (κ1) is 23.3. The van der Waals surface area contributed by atoms with Crippen LogP contribution in [-0.2, 0) is 14.8 Å². The molecular weight excluding hydrogens is 448 g/mol. The Hall–Kier alpha value is -3.84. The van der Waals surface area contributed by atoms with Crippen LogP contribution in [0, 0.1) is 13.8 Å². The number of nitrogens with one attached hydrogen (secondary N) is 1. The van der Waals surface area contributed by atoms with Gasteiger partial charge < -0.3 is 10.1 Å². The van der Waals surface area contributed by atoms with E-state index in [2.05, 4.69) is 5.32 Å². The molecule has 0 saturated carbocycles. The summed E-state index contributed by atoms with van der Waals surface area (Å²) in [7, 11) is -2.22. The van der Waals surface area contributed by atoms with Crippen LogP contribution in [0.4, 0.5) is 11.4 Å². The van der Waals surface area contributed by atoms with Gasteiger partial charge in [-0.15, -0.1) is 0 Å². The molecule has 0 aliphatic rings. The Balaban J connectivity index is 1.41. The number of hydrogen-bond acceptors (Lipinski definition) is 4. The smallest absolute Gasteiger partial charge is 0.264 e. The lowest BCUT2D eigenvalue weighted by atomic mass is 10.1. The van der Waals surface area contributed by atoms with Crippen LogP contribution in [0.1, 0.15) is 11.1 Å². The third-order valence-corrected chi connectivity index (χ3v) is 7.39. The molecule has 0 aromatic heterocycles. The Bertz CT molecular complexity index is 1450. The largest absolute Gasteiger partial charge is 0.484 e. The molecule has 174 valence electrons. The molecule has 6 nitrogen and oxygen atoms in total. The number of ether oxygens (including phenoxy) is 1. The highest BCUT2D eigenvalue weighted by atomic mass is 32.2. The maximum absolute atomic E-state index is 13.1. The minimum absolute atomic E-state index is 0.155. The summed E-state index contributed by atoms with van der Waals surface area (Å²) in [5.41, 5.74) is 3.34. The molecule has 0 saturated heterocycles. The molecule has 0 atom stereocenters. The van der Waals surface area contributed by atoms with Crippen molar-refractivity contribution in [2.45, 2.75) is 18.7 Å². The van der Waals surface area contributed by atoms with Crippen LogP contribution in [0.25, 0.3) is 10.8 Å². The molecule has 4 aromatic rings. The van der Waals surface area contributed by atoms with E-state index in [-0.39, 0.29) is 17.4 Å². The monoisotopic (exact) mass is 474 g/mol. The third-order valence-electron chi connectivity index (χ3n) is 5.61. The lowest BCUT2D eigenvalue weighted by Gasteiger charge is -2.20. The second-order valence-corrected chi connectivity index (χ2v) is 10.1. The molecule has 0 aliphatic heterocycles. The first-order valence-electron chi connectivity index (χ1n) is 10.8. The minimum Gasteiger partial charge on any atom is -0.484 e. The predicted molar refractivity (Wildman–Crippen MR) is 136 cm³/mol. The average molecular weight is 475 g/mol. The number of amides is 1. The van der Waals surface area contributed by atoms with Gasteiger partial charge in [-0.3, -0.25) is 9.10 Å². The van der Waals surface area contributed by atoms with E-state index in [4.69, 9.17) is 4.74 Å². The number of carbonyl (C=O) groups is 1. The van der Waals surface area contributed by atoms with E-state index in [1.807, 2.05) is 56.3 Å². The van der Waals surface area contributed by atoms with E-state index in [9.17, 15) is 13.2 Å². The molecule has 1 N–H and O–H groups in total. The first-order chi connectivity index (χ1) is 16.2. The van der Waals surface area contributed by atoms with E-state index in [1.54, 1.807) is 42.5 Å². The van der Waals surface area contributed by atoms with Crippen molar-refractivity contribution in [3.63, 3.8) is 0 Å². The number of hydrogen-bond donors (Lipinski definition) is 1. The van der Waals surface area contributed by atoms with Gasteiger partial charge in [-0.05, 0) is 72.6 Å². The Morgan fingerprint density at radius 1 is 0.882 bits per heavy atom. The van der Waals surface area contributed by atoms with E-state index >= 15 is 0 Å². The number of benzene rings is 4. The van der Waals surface area contributed by atoms with Crippen LogP contribution in [-0.4, -0.2) is 28.0 Å². The van der Waals surface area contributed by atoms with Crippen LogP contribution in [0.2, 0.25) is 0 Å². The van der Waals surface area contributed by atoms with Crippen molar-refractivity contribution in [1.82, 2.24) is 0 Å². The van der Waals surface area contributed by atoms with Crippen LogP contribution in [0.3, 0.4) is 0 Å². The molecule has 4 aromatic carbocycles. The summed E-state index contributed by atoms with van der Waals surface area (Å²) < 4.78 is 33.1. The summed E-state index contributed by atoms with van der Waals surface area (Å²) >= 11 is 0. The van der Waals surface area contributed by atoms with Crippen molar-refractivity contribution in [2.75, 3.05) is 23.3 Å². The Morgan fingerprint density at radius 2 is 1.59 bits per heavy atom. The molecule has 0 bridgehead atoms. The molecular formula is C27H26N2O4S. The second kappa shape index (κ2) is 9.57. The highest BCUT2D eigenvalue weighted by Gasteiger charge is 2.21. The number of nitrogens with zero attached hydrogens (tertiary/aromatic N) is 1. The fraction of sp³-hybridized carbons (Fsp3) is 0.148. The summed E-state index contributed by atoms with van der Waals surface area (Å²) in [6.45, 7) is 3.78. The molecule has 0 unspecified atom stereocenters. The molecule has 0 heterocycles. The molecule has 0 fully saturated rings. The molecule has 0 aliphatic carbocycles. The molecule has 1 amide bonds. The van der Waals surface area contributed by atoms with Gasteiger partial charge in [-0.2, -0.15) is 0 Å². The maximum atomic E-state index is 13.1. The van der Waals surface area contributed by atoms with Gasteiger partial charge in [0.15, 0.2) is 6.61 Å². The summed E-state index contributed by atoms with van der Waals surface area (Å²) in [5.74, 6) is 0.197. The van der Waals surface area contributed by atoms with E-state index in [0.717, 1.165) is 27.6 Å². The normalized spacial score (nSPS) is 11.3. The average Bonchev–Trinajstić information content (AvgIpc) is 2.84. The van der Waals surface area contributed by atoms with E-state index in [1.165, 1.54) is 11.4 Å². The zero-order valence-corrected chi connectivity index (χ0v) is 20.1. The standard InChI is InChI=1S/C27H26N2O4S/c1-19-8-15-26(20(2)16-19)28-27(30)18-33-24-12-10-23(11-13-24)29(3)34(31,32)25-14-9-21-6-4-5-7-22(21)17-25/h4-17H,18H2,1-3H3,(H,28,30). The van der Waals surface area contributed by atoms with Crippen molar-refractivity contribution >= 4 is 38.1 Å². The Morgan fingerprint density at radius 3 is 2.29 bits per heavy atom. The lowest BCUT2D eigenvalue weighted by molar-refractivity contribution is -0.118. The molecule has 0 spiro atoms. The van der Waals surface area contributed by atoms with Gasteiger partial charge in [0, 0.05) is 12.7 Å². The van der Waals surface area contributed by atoms with Crippen LogP contribution < -0.4 is 14.4 Å². The Kier molecular flexibility index (Phi) is 6.56. The number of fused-ring (bicyclic) bond motifs is 1. The highest BCUT2D eigenvalue weighted by molar-refractivity contribution is 7.92. The zero-order chi connectivity index (χ0) is 24.3. The highest BCUT2D eigenvalue weighted by Crippen LogP contribution is 2.26. The summed E-state index contributed by atoms with van der Waals surface area (Å²) in [5, 5.41) is 4.68. The van der Waals surface area contributed by atoms with Crippen molar-refractivity contribution in [3.8, 4) is 5.75 Å². The number of carbonyl (C=O) groups excluding carboxylic acids is 1. The van der Waals surface area contributed by atoms with E-state index < -0.39 is 10.0 Å². The maximum Gasteiger partial charge on any atom is 0.264 e. The van der Waals surface area contributed by atoms with Gasteiger partial charge >= 0.3 is 0 Å².